The van der Waals surface area contributed by atoms with Crippen molar-refractivity contribution < 1.29 is 4.74 Å². The summed E-state index contributed by atoms with van der Waals surface area (Å²) in [6.07, 6.45) is 18.3. The molecule has 2 aromatic rings. The Morgan fingerprint density at radius 1 is 1.09 bits per heavy atom. The fraction of sp³-hybridized carbons (Fsp3) is 0.517. The van der Waals surface area contributed by atoms with Gasteiger partial charge < -0.3 is 4.74 Å². The lowest BCUT2D eigenvalue weighted by molar-refractivity contribution is -0.126. The molecule has 2 saturated carbocycles. The molecule has 2 aliphatic heterocycles. The van der Waals surface area contributed by atoms with Gasteiger partial charge in [0.25, 0.3) is 0 Å². The number of benzene rings is 1. The minimum absolute atomic E-state index is 0.0740. The molecule has 2 bridgehead atoms. The van der Waals surface area contributed by atoms with Crippen LogP contribution in [0.25, 0.3) is 10.8 Å². The zero-order valence-electron chi connectivity index (χ0n) is 19.2. The van der Waals surface area contributed by atoms with E-state index in [1.54, 1.807) is 5.57 Å². The zero-order valence-corrected chi connectivity index (χ0v) is 19.2. The molecular weight excluding hydrogens is 392 g/mol. The van der Waals surface area contributed by atoms with Gasteiger partial charge in [-0.1, -0.05) is 31.2 Å². The molecule has 164 valence electrons. The van der Waals surface area contributed by atoms with E-state index in [1.807, 2.05) is 19.4 Å². The minimum Gasteiger partial charge on any atom is -0.359 e. The highest BCUT2D eigenvalue weighted by Crippen LogP contribution is 2.69. The second-order valence-electron chi connectivity index (χ2n) is 11.2. The molecule has 3 heterocycles. The first-order valence-corrected chi connectivity index (χ1v) is 12.5. The van der Waals surface area contributed by atoms with Crippen molar-refractivity contribution in [1.82, 2.24) is 4.98 Å². The average Bonchev–Trinajstić information content (AvgIpc) is 3.33. The number of nitrogens with zero attached hydrogens (tertiary/aromatic N) is 2. The number of aromatic nitrogens is 1. The number of ether oxygens (including phenoxy) is 1. The molecule has 3 nitrogen and oxygen atoms in total. The maximum atomic E-state index is 7.32. The van der Waals surface area contributed by atoms with Gasteiger partial charge in [0.1, 0.15) is 0 Å². The summed E-state index contributed by atoms with van der Waals surface area (Å²) in [5.41, 5.74) is 5.97. The summed E-state index contributed by atoms with van der Waals surface area (Å²) in [4.78, 5) is 8.97. The Hall–Kier alpha value is -2.26. The molecule has 3 heteroatoms. The summed E-state index contributed by atoms with van der Waals surface area (Å²) in [6.45, 7) is 2.55. The SMILES string of the molecule is C/N=C1\CCC2=CC3=CC[C@]4(C)[C@@H](c5ccc6ccncc6c5)CC[C@H]4C34CC[C@]2(C1)O4. The molecule has 3 fully saturated rings. The van der Waals surface area contributed by atoms with Gasteiger partial charge in [-0.15, -0.1) is 0 Å². The summed E-state index contributed by atoms with van der Waals surface area (Å²) in [5, 5.41) is 2.54. The summed E-state index contributed by atoms with van der Waals surface area (Å²) >= 11 is 0. The van der Waals surface area contributed by atoms with Crippen LogP contribution >= 0.6 is 0 Å². The quantitative estimate of drug-likeness (QED) is 0.520. The van der Waals surface area contributed by atoms with Crippen molar-refractivity contribution in [2.45, 2.75) is 75.4 Å². The van der Waals surface area contributed by atoms with Crippen LogP contribution in [0.15, 0.2) is 64.9 Å². The lowest BCUT2D eigenvalue weighted by Gasteiger charge is -2.54. The molecule has 0 amide bonds. The molecule has 1 unspecified atom stereocenters. The Balaban J connectivity index is 1.30. The summed E-state index contributed by atoms with van der Waals surface area (Å²) in [5.74, 6) is 1.17. The maximum absolute atomic E-state index is 7.32. The fourth-order valence-corrected chi connectivity index (χ4v) is 8.30. The van der Waals surface area contributed by atoms with Gasteiger partial charge in [0, 0.05) is 37.0 Å². The third-order valence-corrected chi connectivity index (χ3v) is 9.90. The second kappa shape index (κ2) is 6.41. The molecule has 7 rings (SSSR count). The normalized spacial score (nSPS) is 41.1. The Morgan fingerprint density at radius 3 is 2.94 bits per heavy atom. The van der Waals surface area contributed by atoms with Gasteiger partial charge in [-0.2, -0.15) is 0 Å². The second-order valence-corrected chi connectivity index (χ2v) is 11.2. The van der Waals surface area contributed by atoms with Gasteiger partial charge in [0.2, 0.25) is 0 Å². The van der Waals surface area contributed by atoms with E-state index in [9.17, 15) is 0 Å². The Labute approximate surface area is 190 Å². The Bertz CT molecular complexity index is 1220. The van der Waals surface area contributed by atoms with E-state index < -0.39 is 0 Å². The van der Waals surface area contributed by atoms with Crippen molar-refractivity contribution in [1.29, 1.82) is 0 Å². The average molecular weight is 425 g/mol. The number of fused-ring (bicyclic) bond motifs is 2. The van der Waals surface area contributed by atoms with E-state index in [1.165, 1.54) is 46.9 Å². The predicted molar refractivity (Wildman–Crippen MR) is 129 cm³/mol. The van der Waals surface area contributed by atoms with Crippen LogP contribution in [0.1, 0.15) is 69.8 Å². The highest BCUT2D eigenvalue weighted by atomic mass is 16.5. The van der Waals surface area contributed by atoms with Crippen LogP contribution in [0.5, 0.6) is 0 Å². The van der Waals surface area contributed by atoms with Crippen LogP contribution in [0.4, 0.5) is 0 Å². The predicted octanol–water partition coefficient (Wildman–Crippen LogP) is 6.55. The Morgan fingerprint density at radius 2 is 2.03 bits per heavy atom. The van der Waals surface area contributed by atoms with Crippen molar-refractivity contribution in [3.63, 3.8) is 0 Å². The monoisotopic (exact) mass is 424 g/mol. The van der Waals surface area contributed by atoms with Crippen LogP contribution < -0.4 is 0 Å². The van der Waals surface area contributed by atoms with Gasteiger partial charge in [-0.25, -0.2) is 0 Å². The fourth-order valence-electron chi connectivity index (χ4n) is 8.30. The molecule has 1 aromatic carbocycles. The Kier molecular flexibility index (Phi) is 3.85. The number of hydrogen-bond donors (Lipinski definition) is 0. The third-order valence-electron chi connectivity index (χ3n) is 9.90. The number of aliphatic imine (C=N–C) groups is 1. The summed E-state index contributed by atoms with van der Waals surface area (Å²) in [7, 11) is 1.96. The first-order chi connectivity index (χ1) is 15.6. The number of allylic oxidation sites excluding steroid dienone is 1. The molecule has 1 aromatic heterocycles. The van der Waals surface area contributed by atoms with Gasteiger partial charge in [-0.05, 0) is 96.4 Å². The van der Waals surface area contributed by atoms with Crippen LogP contribution in [-0.2, 0) is 4.74 Å². The molecule has 5 atom stereocenters. The van der Waals surface area contributed by atoms with E-state index in [-0.39, 0.29) is 16.6 Å². The largest absolute Gasteiger partial charge is 0.359 e. The first kappa shape index (κ1) is 19.2. The third kappa shape index (κ3) is 2.36. The molecule has 1 saturated heterocycles. The highest BCUT2D eigenvalue weighted by molar-refractivity contribution is 5.88. The van der Waals surface area contributed by atoms with E-state index in [0.717, 1.165) is 32.1 Å². The highest BCUT2D eigenvalue weighted by Gasteiger charge is 2.66. The first-order valence-electron chi connectivity index (χ1n) is 12.5. The molecule has 3 aliphatic carbocycles. The standard InChI is InChI=1S/C29H32N2O/c1-27-11-9-23-16-22-5-6-24(30-2)17-28(22)12-13-29(23,32-28)26(27)8-7-25(27)20-4-3-19-10-14-31-18-21(19)15-20/h3-4,9-10,14-16,18,25-26H,5-8,11-13,17H2,1-2H3/b30-24+/t25-,26-,27-,28-,29?/m1/s1. The topological polar surface area (TPSA) is 34.5 Å². The molecular formula is C29H32N2O. The van der Waals surface area contributed by atoms with Crippen molar-refractivity contribution in [3.05, 3.63) is 65.5 Å². The van der Waals surface area contributed by atoms with Crippen LogP contribution in [0.3, 0.4) is 0 Å². The maximum Gasteiger partial charge on any atom is 0.0975 e. The van der Waals surface area contributed by atoms with Crippen molar-refractivity contribution in [2.24, 2.45) is 16.3 Å². The molecule has 5 aliphatic rings. The summed E-state index contributed by atoms with van der Waals surface area (Å²) < 4.78 is 7.32. The smallest absolute Gasteiger partial charge is 0.0975 e. The van der Waals surface area contributed by atoms with E-state index in [2.05, 4.69) is 53.3 Å². The van der Waals surface area contributed by atoms with Crippen LogP contribution in [0.2, 0.25) is 0 Å². The van der Waals surface area contributed by atoms with E-state index >= 15 is 0 Å². The summed E-state index contributed by atoms with van der Waals surface area (Å²) in [6, 6.07) is 9.18. The van der Waals surface area contributed by atoms with Crippen LogP contribution in [0, 0.1) is 11.3 Å². The van der Waals surface area contributed by atoms with Gasteiger partial charge >= 0.3 is 0 Å². The van der Waals surface area contributed by atoms with Gasteiger partial charge in [-0.3, -0.25) is 9.98 Å². The molecule has 0 N–H and O–H groups in total. The lowest BCUT2D eigenvalue weighted by atomic mass is 9.58. The minimum atomic E-state index is -0.0835. The van der Waals surface area contributed by atoms with Crippen molar-refractivity contribution >= 4 is 16.5 Å². The van der Waals surface area contributed by atoms with Gasteiger partial charge in [0.15, 0.2) is 0 Å². The molecule has 2 spiro atoms. The number of rotatable bonds is 1. The van der Waals surface area contributed by atoms with Crippen molar-refractivity contribution in [3.8, 4) is 0 Å². The van der Waals surface area contributed by atoms with E-state index in [0.29, 0.717) is 11.8 Å². The van der Waals surface area contributed by atoms with Gasteiger partial charge in [0.05, 0.1) is 11.2 Å². The molecule has 32 heavy (non-hydrogen) atoms. The van der Waals surface area contributed by atoms with Crippen molar-refractivity contribution in [2.75, 3.05) is 7.05 Å². The lowest BCUT2D eigenvalue weighted by Crippen LogP contribution is -2.53. The molecule has 0 radical (unpaired) electrons. The number of hydrogen-bond acceptors (Lipinski definition) is 3. The van der Waals surface area contributed by atoms with Crippen LogP contribution in [-0.4, -0.2) is 28.9 Å². The zero-order chi connectivity index (χ0) is 21.6. The van der Waals surface area contributed by atoms with E-state index in [4.69, 9.17) is 4.74 Å². The number of pyridine rings is 1.